The van der Waals surface area contributed by atoms with E-state index in [0.29, 0.717) is 6.61 Å². The van der Waals surface area contributed by atoms with E-state index in [1.54, 1.807) is 7.11 Å². The Bertz CT molecular complexity index is 196. The van der Waals surface area contributed by atoms with Crippen molar-refractivity contribution in [1.29, 1.82) is 0 Å². The van der Waals surface area contributed by atoms with Gasteiger partial charge in [0, 0.05) is 20.1 Å². The third-order valence-corrected chi connectivity index (χ3v) is 2.21. The third-order valence-electron chi connectivity index (χ3n) is 2.21. The molecule has 0 amide bonds. The molecule has 1 rings (SSSR count). The first-order chi connectivity index (χ1) is 6.33. The van der Waals surface area contributed by atoms with E-state index in [2.05, 4.69) is 19.1 Å². The molecule has 1 unspecified atom stereocenters. The lowest BCUT2D eigenvalue weighted by Crippen LogP contribution is -2.35. The molecule has 2 nitrogen and oxygen atoms in total. The SMILES string of the molecule is CCCOCC1(OC)C=CC=CC1. The molecule has 0 bridgehead atoms. The number of hydrogen-bond donors (Lipinski definition) is 0. The summed E-state index contributed by atoms with van der Waals surface area (Å²) in [4.78, 5) is 0. The van der Waals surface area contributed by atoms with Crippen molar-refractivity contribution in [2.24, 2.45) is 0 Å². The van der Waals surface area contributed by atoms with Crippen LogP contribution in [0.25, 0.3) is 0 Å². The minimum Gasteiger partial charge on any atom is -0.378 e. The Hall–Kier alpha value is -0.600. The van der Waals surface area contributed by atoms with Crippen LogP contribution in [0.1, 0.15) is 19.8 Å². The van der Waals surface area contributed by atoms with Gasteiger partial charge in [0.1, 0.15) is 5.60 Å². The van der Waals surface area contributed by atoms with Crippen LogP contribution in [0.15, 0.2) is 24.3 Å². The molecule has 74 valence electrons. The van der Waals surface area contributed by atoms with E-state index in [0.717, 1.165) is 19.4 Å². The Morgan fingerprint density at radius 3 is 2.77 bits per heavy atom. The van der Waals surface area contributed by atoms with Gasteiger partial charge in [-0.15, -0.1) is 0 Å². The highest BCUT2D eigenvalue weighted by molar-refractivity contribution is 5.18. The maximum Gasteiger partial charge on any atom is 0.113 e. The molecule has 1 aliphatic rings. The molecule has 13 heavy (non-hydrogen) atoms. The molecule has 0 heterocycles. The predicted molar refractivity (Wildman–Crippen MR) is 53.7 cm³/mol. The summed E-state index contributed by atoms with van der Waals surface area (Å²) >= 11 is 0. The average molecular weight is 182 g/mol. The van der Waals surface area contributed by atoms with E-state index in [-0.39, 0.29) is 5.60 Å². The summed E-state index contributed by atoms with van der Waals surface area (Å²) in [5.74, 6) is 0. The van der Waals surface area contributed by atoms with Gasteiger partial charge in [0.15, 0.2) is 0 Å². The molecule has 2 heteroatoms. The van der Waals surface area contributed by atoms with E-state index in [1.165, 1.54) is 0 Å². The summed E-state index contributed by atoms with van der Waals surface area (Å²) in [6.45, 7) is 3.57. The van der Waals surface area contributed by atoms with Crippen LogP contribution in [0.2, 0.25) is 0 Å². The lowest BCUT2D eigenvalue weighted by atomic mass is 9.96. The molecule has 0 N–H and O–H groups in total. The van der Waals surface area contributed by atoms with Crippen molar-refractivity contribution in [2.75, 3.05) is 20.3 Å². The summed E-state index contributed by atoms with van der Waals surface area (Å²) < 4.78 is 11.0. The Balaban J connectivity index is 2.40. The summed E-state index contributed by atoms with van der Waals surface area (Å²) in [7, 11) is 1.73. The van der Waals surface area contributed by atoms with Crippen LogP contribution in [0.3, 0.4) is 0 Å². The predicted octanol–water partition coefficient (Wildman–Crippen LogP) is 2.31. The normalized spacial score (nSPS) is 26.6. The van der Waals surface area contributed by atoms with E-state index >= 15 is 0 Å². The Morgan fingerprint density at radius 1 is 1.38 bits per heavy atom. The minimum atomic E-state index is -0.218. The molecule has 0 aliphatic heterocycles. The topological polar surface area (TPSA) is 18.5 Å². The third kappa shape index (κ3) is 2.98. The fourth-order valence-corrected chi connectivity index (χ4v) is 1.35. The van der Waals surface area contributed by atoms with E-state index in [1.807, 2.05) is 12.2 Å². The molecule has 0 fully saturated rings. The maximum atomic E-state index is 5.51. The van der Waals surface area contributed by atoms with Gasteiger partial charge in [0.2, 0.25) is 0 Å². The van der Waals surface area contributed by atoms with Crippen molar-refractivity contribution >= 4 is 0 Å². The van der Waals surface area contributed by atoms with Crippen LogP contribution in [0.5, 0.6) is 0 Å². The Kier molecular flexibility index (Phi) is 4.19. The quantitative estimate of drug-likeness (QED) is 0.607. The van der Waals surface area contributed by atoms with Gasteiger partial charge in [-0.3, -0.25) is 0 Å². The monoisotopic (exact) mass is 182 g/mol. The Morgan fingerprint density at radius 2 is 2.23 bits per heavy atom. The smallest absolute Gasteiger partial charge is 0.113 e. The second kappa shape index (κ2) is 5.20. The lowest BCUT2D eigenvalue weighted by Gasteiger charge is -2.29. The van der Waals surface area contributed by atoms with Crippen LogP contribution in [-0.4, -0.2) is 25.9 Å². The lowest BCUT2D eigenvalue weighted by molar-refractivity contribution is -0.0416. The van der Waals surface area contributed by atoms with Crippen molar-refractivity contribution in [3.63, 3.8) is 0 Å². The van der Waals surface area contributed by atoms with Gasteiger partial charge in [-0.2, -0.15) is 0 Å². The fourth-order valence-electron chi connectivity index (χ4n) is 1.35. The molecule has 0 saturated carbocycles. The highest BCUT2D eigenvalue weighted by Crippen LogP contribution is 2.21. The van der Waals surface area contributed by atoms with E-state index in [9.17, 15) is 0 Å². The molecule has 0 radical (unpaired) electrons. The van der Waals surface area contributed by atoms with Crippen molar-refractivity contribution in [1.82, 2.24) is 0 Å². The van der Waals surface area contributed by atoms with E-state index < -0.39 is 0 Å². The molecule has 0 aromatic rings. The molecule has 1 atom stereocenters. The maximum absolute atomic E-state index is 5.51. The zero-order valence-corrected chi connectivity index (χ0v) is 8.45. The molecular formula is C11H18O2. The second-order valence-electron chi connectivity index (χ2n) is 3.31. The zero-order chi connectivity index (χ0) is 9.57. The molecule has 0 spiro atoms. The molecule has 1 aliphatic carbocycles. The van der Waals surface area contributed by atoms with E-state index in [4.69, 9.17) is 9.47 Å². The summed E-state index contributed by atoms with van der Waals surface area (Å²) in [6.07, 6.45) is 10.2. The number of hydrogen-bond acceptors (Lipinski definition) is 2. The van der Waals surface area contributed by atoms with Crippen molar-refractivity contribution < 1.29 is 9.47 Å². The first-order valence-electron chi connectivity index (χ1n) is 4.80. The average Bonchev–Trinajstić information content (AvgIpc) is 2.20. The standard InChI is InChI=1S/C11H18O2/c1-3-9-13-10-11(12-2)7-5-4-6-8-11/h4-7H,3,8-10H2,1-2H3. The first kappa shape index (κ1) is 10.5. The molecule has 0 saturated heterocycles. The van der Waals surface area contributed by atoms with Gasteiger partial charge in [0.25, 0.3) is 0 Å². The van der Waals surface area contributed by atoms with Crippen LogP contribution in [-0.2, 0) is 9.47 Å². The van der Waals surface area contributed by atoms with Gasteiger partial charge in [-0.05, 0) is 6.42 Å². The molecule has 0 aromatic carbocycles. The second-order valence-corrected chi connectivity index (χ2v) is 3.31. The number of rotatable bonds is 5. The van der Waals surface area contributed by atoms with Gasteiger partial charge in [-0.1, -0.05) is 31.2 Å². The number of ether oxygens (including phenoxy) is 2. The first-order valence-corrected chi connectivity index (χ1v) is 4.80. The van der Waals surface area contributed by atoms with Crippen LogP contribution < -0.4 is 0 Å². The van der Waals surface area contributed by atoms with Gasteiger partial charge >= 0.3 is 0 Å². The molecule has 0 aromatic heterocycles. The van der Waals surface area contributed by atoms with Gasteiger partial charge in [0.05, 0.1) is 6.61 Å². The van der Waals surface area contributed by atoms with Crippen LogP contribution >= 0.6 is 0 Å². The van der Waals surface area contributed by atoms with Crippen molar-refractivity contribution in [3.8, 4) is 0 Å². The van der Waals surface area contributed by atoms with Gasteiger partial charge in [-0.25, -0.2) is 0 Å². The summed E-state index contributed by atoms with van der Waals surface area (Å²) in [6, 6.07) is 0. The number of methoxy groups -OCH3 is 1. The summed E-state index contributed by atoms with van der Waals surface area (Å²) in [5.41, 5.74) is -0.218. The van der Waals surface area contributed by atoms with Crippen LogP contribution in [0, 0.1) is 0 Å². The molecular weight excluding hydrogens is 164 g/mol. The summed E-state index contributed by atoms with van der Waals surface area (Å²) in [5, 5.41) is 0. The number of allylic oxidation sites excluding steroid dienone is 2. The van der Waals surface area contributed by atoms with Crippen molar-refractivity contribution in [2.45, 2.75) is 25.4 Å². The van der Waals surface area contributed by atoms with Gasteiger partial charge < -0.3 is 9.47 Å². The zero-order valence-electron chi connectivity index (χ0n) is 8.45. The Labute approximate surface area is 80.2 Å². The van der Waals surface area contributed by atoms with Crippen molar-refractivity contribution in [3.05, 3.63) is 24.3 Å². The largest absolute Gasteiger partial charge is 0.378 e. The highest BCUT2D eigenvalue weighted by atomic mass is 16.5. The van der Waals surface area contributed by atoms with Crippen LogP contribution in [0.4, 0.5) is 0 Å². The fraction of sp³-hybridized carbons (Fsp3) is 0.636. The highest BCUT2D eigenvalue weighted by Gasteiger charge is 2.26. The minimum absolute atomic E-state index is 0.218.